The molecule has 3 nitrogen and oxygen atoms in total. The first-order valence-electron chi connectivity index (χ1n) is 5.09. The van der Waals surface area contributed by atoms with Crippen molar-refractivity contribution in [2.75, 3.05) is 13.6 Å². The number of hydrogen-bond donors (Lipinski definition) is 0. The molecule has 2 rings (SSSR count). The van der Waals surface area contributed by atoms with Crippen LogP contribution < -0.4 is 0 Å². The quantitative estimate of drug-likeness (QED) is 0.559. The lowest BCUT2D eigenvalue weighted by Gasteiger charge is -2.38. The first-order chi connectivity index (χ1) is 6.05. The Morgan fingerprint density at radius 3 is 2.69 bits per heavy atom. The fraction of sp³-hybridized carbons (Fsp3) is 0.900. The van der Waals surface area contributed by atoms with Crippen molar-refractivity contribution < 1.29 is 4.79 Å². The van der Waals surface area contributed by atoms with Gasteiger partial charge in [-0.3, -0.25) is 9.69 Å². The number of likely N-dealkylation sites (N-methyl/N-ethyl adjacent to an activating group) is 1. The van der Waals surface area contributed by atoms with E-state index in [1.807, 2.05) is 11.9 Å². The maximum atomic E-state index is 11.8. The molecular weight excluding hydrogens is 164 g/mol. The minimum absolute atomic E-state index is 0.0673. The molecule has 0 spiro atoms. The van der Waals surface area contributed by atoms with E-state index in [1.54, 1.807) is 0 Å². The van der Waals surface area contributed by atoms with Crippen molar-refractivity contribution in [3.05, 3.63) is 0 Å². The number of amides is 1. The summed E-state index contributed by atoms with van der Waals surface area (Å²) in [6.45, 7) is 5.35. The Hall–Kier alpha value is -0.570. The van der Waals surface area contributed by atoms with Crippen molar-refractivity contribution in [3.8, 4) is 0 Å². The topological polar surface area (TPSA) is 23.6 Å². The van der Waals surface area contributed by atoms with Crippen molar-refractivity contribution in [2.24, 2.45) is 0 Å². The molecule has 2 aliphatic rings. The second kappa shape index (κ2) is 2.71. The van der Waals surface area contributed by atoms with Crippen LogP contribution in [0.15, 0.2) is 0 Å². The van der Waals surface area contributed by atoms with Crippen LogP contribution in [0.4, 0.5) is 0 Å². The molecule has 0 aromatic carbocycles. The van der Waals surface area contributed by atoms with Gasteiger partial charge in [0, 0.05) is 13.6 Å². The number of fused-ring (bicyclic) bond motifs is 1. The van der Waals surface area contributed by atoms with E-state index < -0.39 is 0 Å². The zero-order valence-electron chi connectivity index (χ0n) is 8.71. The van der Waals surface area contributed by atoms with Crippen LogP contribution in [0.2, 0.25) is 0 Å². The standard InChI is InChI=1S/C10H18N2O/c1-10(2)11(3)9(13)8-6-4-5-7-12(8)10/h8H,4-7H2,1-3H3. The van der Waals surface area contributed by atoms with Gasteiger partial charge in [0.1, 0.15) is 0 Å². The van der Waals surface area contributed by atoms with Crippen LogP contribution in [-0.4, -0.2) is 41.0 Å². The summed E-state index contributed by atoms with van der Waals surface area (Å²) < 4.78 is 0. The highest BCUT2D eigenvalue weighted by molar-refractivity contribution is 5.84. The summed E-state index contributed by atoms with van der Waals surface area (Å²) >= 11 is 0. The smallest absolute Gasteiger partial charge is 0.241 e. The van der Waals surface area contributed by atoms with Crippen LogP contribution in [0.3, 0.4) is 0 Å². The zero-order valence-corrected chi connectivity index (χ0v) is 8.71. The summed E-state index contributed by atoms with van der Waals surface area (Å²) in [4.78, 5) is 16.1. The molecular formula is C10H18N2O. The van der Waals surface area contributed by atoms with Crippen molar-refractivity contribution in [3.63, 3.8) is 0 Å². The number of nitrogens with zero attached hydrogens (tertiary/aromatic N) is 2. The molecule has 0 aliphatic carbocycles. The first-order valence-corrected chi connectivity index (χ1v) is 5.09. The molecule has 0 saturated carbocycles. The monoisotopic (exact) mass is 182 g/mol. The fourth-order valence-corrected chi connectivity index (χ4v) is 2.53. The second-order valence-electron chi connectivity index (χ2n) is 4.60. The van der Waals surface area contributed by atoms with E-state index in [-0.39, 0.29) is 11.7 Å². The molecule has 2 heterocycles. The molecule has 2 aliphatic heterocycles. The van der Waals surface area contributed by atoms with Crippen LogP contribution in [0.1, 0.15) is 33.1 Å². The summed E-state index contributed by atoms with van der Waals surface area (Å²) in [7, 11) is 1.92. The molecule has 13 heavy (non-hydrogen) atoms. The Balaban J connectivity index is 2.29. The summed E-state index contributed by atoms with van der Waals surface area (Å²) in [5.41, 5.74) is -0.0673. The Kier molecular flexibility index (Phi) is 1.88. The third-order valence-electron chi connectivity index (χ3n) is 3.64. The Labute approximate surface area is 79.7 Å². The highest BCUT2D eigenvalue weighted by Gasteiger charge is 2.49. The second-order valence-corrected chi connectivity index (χ2v) is 4.60. The molecule has 0 aromatic rings. The number of rotatable bonds is 0. The van der Waals surface area contributed by atoms with Gasteiger partial charge in [-0.15, -0.1) is 0 Å². The molecule has 1 unspecified atom stereocenters. The van der Waals surface area contributed by atoms with Gasteiger partial charge >= 0.3 is 0 Å². The lowest BCUT2D eigenvalue weighted by atomic mass is 10.0. The van der Waals surface area contributed by atoms with Crippen molar-refractivity contribution >= 4 is 5.91 Å². The van der Waals surface area contributed by atoms with Crippen molar-refractivity contribution in [2.45, 2.75) is 44.8 Å². The van der Waals surface area contributed by atoms with Gasteiger partial charge in [0.15, 0.2) is 0 Å². The van der Waals surface area contributed by atoms with Gasteiger partial charge in [-0.25, -0.2) is 0 Å². The molecule has 1 amide bonds. The van der Waals surface area contributed by atoms with Gasteiger partial charge in [0.25, 0.3) is 0 Å². The summed E-state index contributed by atoms with van der Waals surface area (Å²) in [5, 5.41) is 0. The van der Waals surface area contributed by atoms with Crippen molar-refractivity contribution in [1.82, 2.24) is 9.80 Å². The predicted octanol–water partition coefficient (Wildman–Crippen LogP) is 1.05. The SMILES string of the molecule is CN1C(=O)C2CCCCN2C1(C)C. The minimum atomic E-state index is -0.0673. The third-order valence-corrected chi connectivity index (χ3v) is 3.64. The molecule has 3 heteroatoms. The molecule has 74 valence electrons. The van der Waals surface area contributed by atoms with E-state index >= 15 is 0 Å². The average Bonchev–Trinajstić information content (AvgIpc) is 2.30. The van der Waals surface area contributed by atoms with Gasteiger partial charge in [-0.2, -0.15) is 0 Å². The Morgan fingerprint density at radius 2 is 2.08 bits per heavy atom. The maximum absolute atomic E-state index is 11.8. The molecule has 2 saturated heterocycles. The van der Waals surface area contributed by atoms with Gasteiger partial charge in [-0.05, 0) is 26.7 Å². The maximum Gasteiger partial charge on any atom is 0.241 e. The lowest BCUT2D eigenvalue weighted by Crippen LogP contribution is -2.50. The van der Waals surface area contributed by atoms with Crippen LogP contribution in [0.5, 0.6) is 0 Å². The number of hydrogen-bond acceptors (Lipinski definition) is 2. The minimum Gasteiger partial charge on any atom is -0.326 e. The van der Waals surface area contributed by atoms with E-state index in [4.69, 9.17) is 0 Å². The third kappa shape index (κ3) is 1.10. The van der Waals surface area contributed by atoms with Crippen LogP contribution >= 0.6 is 0 Å². The van der Waals surface area contributed by atoms with Gasteiger partial charge in [0.2, 0.25) is 5.91 Å². The van der Waals surface area contributed by atoms with E-state index in [0.29, 0.717) is 5.91 Å². The van der Waals surface area contributed by atoms with Crippen LogP contribution in [-0.2, 0) is 4.79 Å². The molecule has 2 fully saturated rings. The highest BCUT2D eigenvalue weighted by atomic mass is 16.2. The van der Waals surface area contributed by atoms with Gasteiger partial charge in [0.05, 0.1) is 11.7 Å². The first kappa shape index (κ1) is 9.00. The molecule has 0 bridgehead atoms. The predicted molar refractivity (Wildman–Crippen MR) is 51.2 cm³/mol. The highest BCUT2D eigenvalue weighted by Crippen LogP contribution is 2.35. The largest absolute Gasteiger partial charge is 0.326 e. The Morgan fingerprint density at radius 1 is 1.38 bits per heavy atom. The zero-order chi connectivity index (χ0) is 9.64. The van der Waals surface area contributed by atoms with Gasteiger partial charge < -0.3 is 4.90 Å². The number of carbonyl (C=O) groups excluding carboxylic acids is 1. The van der Waals surface area contributed by atoms with E-state index in [1.165, 1.54) is 12.8 Å². The summed E-state index contributed by atoms with van der Waals surface area (Å²) in [6.07, 6.45) is 3.49. The van der Waals surface area contributed by atoms with E-state index in [9.17, 15) is 4.79 Å². The summed E-state index contributed by atoms with van der Waals surface area (Å²) in [5.74, 6) is 0.310. The van der Waals surface area contributed by atoms with Crippen LogP contribution in [0.25, 0.3) is 0 Å². The number of carbonyl (C=O) groups is 1. The lowest BCUT2D eigenvalue weighted by molar-refractivity contribution is -0.130. The normalized spacial score (nSPS) is 33.6. The average molecular weight is 182 g/mol. The van der Waals surface area contributed by atoms with E-state index in [2.05, 4.69) is 18.7 Å². The van der Waals surface area contributed by atoms with Crippen LogP contribution in [0, 0.1) is 0 Å². The van der Waals surface area contributed by atoms with E-state index in [0.717, 1.165) is 13.0 Å². The van der Waals surface area contributed by atoms with Gasteiger partial charge in [-0.1, -0.05) is 6.42 Å². The van der Waals surface area contributed by atoms with Crippen molar-refractivity contribution in [1.29, 1.82) is 0 Å². The molecule has 1 atom stereocenters. The fourth-order valence-electron chi connectivity index (χ4n) is 2.53. The molecule has 0 aromatic heterocycles. The number of piperidine rings is 1. The Bertz CT molecular complexity index is 237. The molecule has 0 N–H and O–H groups in total. The molecule has 0 radical (unpaired) electrons. The summed E-state index contributed by atoms with van der Waals surface area (Å²) in [6, 6.07) is 0.175.